The summed E-state index contributed by atoms with van der Waals surface area (Å²) in [5, 5.41) is 5.76. The molecular weight excluding hydrogens is 414 g/mol. The van der Waals surface area contributed by atoms with Gasteiger partial charge in [-0.2, -0.15) is 0 Å². The van der Waals surface area contributed by atoms with Gasteiger partial charge in [-0.05, 0) is 66.9 Å². The van der Waals surface area contributed by atoms with Gasteiger partial charge in [0.1, 0.15) is 0 Å². The van der Waals surface area contributed by atoms with Gasteiger partial charge in [-0.3, -0.25) is 14.4 Å². The average Bonchev–Trinajstić information content (AvgIpc) is 3.27. The molecule has 0 bridgehead atoms. The highest BCUT2D eigenvalue weighted by Crippen LogP contribution is 2.24. The molecule has 0 radical (unpaired) electrons. The van der Waals surface area contributed by atoms with E-state index >= 15 is 0 Å². The van der Waals surface area contributed by atoms with Crippen LogP contribution in [0.3, 0.4) is 0 Å². The van der Waals surface area contributed by atoms with Gasteiger partial charge in [0.2, 0.25) is 11.8 Å². The number of carbonyl (C=O) groups is 3. The number of amides is 3. The Balaban J connectivity index is 1.39. The fraction of sp³-hybridized carbons (Fsp3) is 0.148. The third-order valence-electron chi connectivity index (χ3n) is 5.58. The number of nitrogens with one attached hydrogen (secondary N) is 2. The zero-order valence-electron chi connectivity index (χ0n) is 18.4. The van der Waals surface area contributed by atoms with E-state index in [1.165, 1.54) is 6.08 Å². The van der Waals surface area contributed by atoms with Crippen LogP contribution < -0.4 is 15.5 Å². The number of hydrogen-bond donors (Lipinski definition) is 2. The van der Waals surface area contributed by atoms with Gasteiger partial charge in [0, 0.05) is 41.7 Å². The minimum Gasteiger partial charge on any atom is -0.322 e. The summed E-state index contributed by atoms with van der Waals surface area (Å²) in [6.45, 7) is 2.60. The van der Waals surface area contributed by atoms with Crippen LogP contribution in [0.25, 0.3) is 6.08 Å². The molecule has 0 spiro atoms. The molecule has 3 aromatic rings. The molecule has 2 N–H and O–H groups in total. The number of rotatable bonds is 6. The predicted octanol–water partition coefficient (Wildman–Crippen LogP) is 5.03. The highest BCUT2D eigenvalue weighted by molar-refractivity contribution is 6.06. The van der Waals surface area contributed by atoms with Crippen LogP contribution in [0.4, 0.5) is 17.1 Å². The van der Waals surface area contributed by atoms with E-state index in [1.54, 1.807) is 41.3 Å². The molecule has 6 nitrogen and oxygen atoms in total. The summed E-state index contributed by atoms with van der Waals surface area (Å²) in [6, 6.07) is 21.9. The first-order chi connectivity index (χ1) is 16.0. The summed E-state index contributed by atoms with van der Waals surface area (Å²) >= 11 is 0. The van der Waals surface area contributed by atoms with Crippen molar-refractivity contribution in [2.24, 2.45) is 0 Å². The molecule has 33 heavy (non-hydrogen) atoms. The Morgan fingerprint density at radius 1 is 0.879 bits per heavy atom. The molecule has 1 heterocycles. The third-order valence-corrected chi connectivity index (χ3v) is 5.58. The number of carbonyl (C=O) groups excluding carboxylic acids is 3. The van der Waals surface area contributed by atoms with E-state index in [0.29, 0.717) is 23.4 Å². The second-order valence-corrected chi connectivity index (χ2v) is 7.86. The monoisotopic (exact) mass is 439 g/mol. The first-order valence-electron chi connectivity index (χ1n) is 10.9. The molecule has 0 aliphatic carbocycles. The van der Waals surface area contributed by atoms with Gasteiger partial charge in [0.15, 0.2) is 0 Å². The molecule has 6 heteroatoms. The Bertz CT molecular complexity index is 1200. The minimum absolute atomic E-state index is 0.148. The summed E-state index contributed by atoms with van der Waals surface area (Å²) < 4.78 is 0. The summed E-state index contributed by atoms with van der Waals surface area (Å²) in [7, 11) is 0. The highest BCUT2D eigenvalue weighted by Gasteiger charge is 2.21. The van der Waals surface area contributed by atoms with Crippen molar-refractivity contribution in [3.63, 3.8) is 0 Å². The maximum Gasteiger partial charge on any atom is 0.255 e. The SMILES string of the molecule is Cc1c(NC(=O)C=Cc2ccc(N3CCCC3=O)cc2)cccc1NC(=O)c1ccccc1. The Hall–Kier alpha value is -4.19. The number of anilines is 3. The van der Waals surface area contributed by atoms with Gasteiger partial charge >= 0.3 is 0 Å². The Kier molecular flexibility index (Phi) is 6.64. The van der Waals surface area contributed by atoms with Crippen molar-refractivity contribution in [3.8, 4) is 0 Å². The van der Waals surface area contributed by atoms with Crippen LogP contribution in [-0.4, -0.2) is 24.3 Å². The summed E-state index contributed by atoms with van der Waals surface area (Å²) in [5.41, 5.74) is 4.33. The lowest BCUT2D eigenvalue weighted by Gasteiger charge is -2.15. The van der Waals surface area contributed by atoms with Crippen molar-refractivity contribution in [1.82, 2.24) is 0 Å². The number of benzene rings is 3. The largest absolute Gasteiger partial charge is 0.322 e. The molecule has 4 rings (SSSR count). The third kappa shape index (κ3) is 5.36. The van der Waals surface area contributed by atoms with E-state index in [-0.39, 0.29) is 17.7 Å². The Morgan fingerprint density at radius 2 is 1.58 bits per heavy atom. The lowest BCUT2D eigenvalue weighted by molar-refractivity contribution is -0.117. The fourth-order valence-electron chi connectivity index (χ4n) is 3.72. The molecule has 0 unspecified atom stereocenters. The van der Waals surface area contributed by atoms with Crippen molar-refractivity contribution >= 4 is 40.9 Å². The van der Waals surface area contributed by atoms with E-state index in [4.69, 9.17) is 0 Å². The molecule has 166 valence electrons. The molecule has 3 amide bonds. The zero-order chi connectivity index (χ0) is 23.2. The summed E-state index contributed by atoms with van der Waals surface area (Å²) in [4.78, 5) is 38.6. The van der Waals surface area contributed by atoms with Crippen molar-refractivity contribution in [2.45, 2.75) is 19.8 Å². The van der Waals surface area contributed by atoms with E-state index < -0.39 is 0 Å². The van der Waals surface area contributed by atoms with Crippen LogP contribution in [-0.2, 0) is 9.59 Å². The van der Waals surface area contributed by atoms with E-state index in [9.17, 15) is 14.4 Å². The van der Waals surface area contributed by atoms with Crippen LogP contribution in [0.1, 0.15) is 34.3 Å². The second-order valence-electron chi connectivity index (χ2n) is 7.86. The standard InChI is InChI=1S/C27H25N3O3/c1-19-23(9-5-10-24(19)29-27(33)21-7-3-2-4-8-21)28-25(31)17-14-20-12-15-22(16-13-20)30-18-6-11-26(30)32/h2-5,7-10,12-17H,6,11,18H2,1H3,(H,28,31)(H,29,33). The molecule has 1 saturated heterocycles. The van der Waals surface area contributed by atoms with Gasteiger partial charge in [-0.25, -0.2) is 0 Å². The van der Waals surface area contributed by atoms with Crippen molar-refractivity contribution in [2.75, 3.05) is 22.1 Å². The quantitative estimate of drug-likeness (QED) is 0.529. The molecule has 0 aromatic heterocycles. The molecule has 3 aromatic carbocycles. The molecule has 1 aliphatic heterocycles. The first kappa shape index (κ1) is 22.0. The van der Waals surface area contributed by atoms with E-state index in [0.717, 1.165) is 29.8 Å². The number of nitrogens with zero attached hydrogens (tertiary/aromatic N) is 1. The molecule has 0 saturated carbocycles. The van der Waals surface area contributed by atoms with E-state index in [2.05, 4.69) is 10.6 Å². The normalized spacial score (nSPS) is 13.4. The Labute approximate surface area is 192 Å². The van der Waals surface area contributed by atoms with Crippen molar-refractivity contribution in [3.05, 3.63) is 95.6 Å². The average molecular weight is 440 g/mol. The maximum absolute atomic E-state index is 12.5. The Morgan fingerprint density at radius 3 is 2.24 bits per heavy atom. The van der Waals surface area contributed by atoms with Gasteiger partial charge in [0.05, 0.1) is 0 Å². The van der Waals surface area contributed by atoms with Gasteiger partial charge in [-0.15, -0.1) is 0 Å². The number of hydrogen-bond acceptors (Lipinski definition) is 3. The van der Waals surface area contributed by atoms with E-state index in [1.807, 2.05) is 49.4 Å². The lowest BCUT2D eigenvalue weighted by atomic mass is 10.1. The summed E-state index contributed by atoms with van der Waals surface area (Å²) in [6.07, 6.45) is 4.67. The van der Waals surface area contributed by atoms with Gasteiger partial charge in [-0.1, -0.05) is 36.4 Å². The summed E-state index contributed by atoms with van der Waals surface area (Å²) in [5.74, 6) is -0.334. The van der Waals surface area contributed by atoms with Crippen LogP contribution in [0.2, 0.25) is 0 Å². The minimum atomic E-state index is -0.275. The topological polar surface area (TPSA) is 78.5 Å². The lowest BCUT2D eigenvalue weighted by Crippen LogP contribution is -2.23. The van der Waals surface area contributed by atoms with Gasteiger partial charge in [0.25, 0.3) is 5.91 Å². The van der Waals surface area contributed by atoms with Crippen LogP contribution in [0.5, 0.6) is 0 Å². The fourth-order valence-corrected chi connectivity index (χ4v) is 3.72. The van der Waals surface area contributed by atoms with Gasteiger partial charge < -0.3 is 15.5 Å². The van der Waals surface area contributed by atoms with Crippen LogP contribution in [0.15, 0.2) is 78.9 Å². The molecule has 1 fully saturated rings. The van der Waals surface area contributed by atoms with Crippen LogP contribution >= 0.6 is 0 Å². The van der Waals surface area contributed by atoms with Crippen LogP contribution in [0, 0.1) is 6.92 Å². The van der Waals surface area contributed by atoms with Crippen molar-refractivity contribution in [1.29, 1.82) is 0 Å². The molecule has 1 aliphatic rings. The molecular formula is C27H25N3O3. The first-order valence-corrected chi connectivity index (χ1v) is 10.9. The zero-order valence-corrected chi connectivity index (χ0v) is 18.4. The molecule has 0 atom stereocenters. The predicted molar refractivity (Wildman–Crippen MR) is 131 cm³/mol. The smallest absolute Gasteiger partial charge is 0.255 e. The second kappa shape index (κ2) is 9.96. The highest BCUT2D eigenvalue weighted by atomic mass is 16.2. The maximum atomic E-state index is 12.5. The van der Waals surface area contributed by atoms with Crippen molar-refractivity contribution < 1.29 is 14.4 Å².